The van der Waals surface area contributed by atoms with Gasteiger partial charge < -0.3 is 34.6 Å². The predicted octanol–water partition coefficient (Wildman–Crippen LogP) is 8.42. The van der Waals surface area contributed by atoms with Crippen molar-refractivity contribution in [2.24, 2.45) is 22.9 Å². The number of rotatable bonds is 18. The van der Waals surface area contributed by atoms with Crippen LogP contribution < -0.4 is 14.8 Å². The molecule has 3 aromatic rings. The number of halogens is 1. The molecule has 0 aromatic heterocycles. The first kappa shape index (κ1) is 39.5. The van der Waals surface area contributed by atoms with Gasteiger partial charge in [-0.25, -0.2) is 4.39 Å². The van der Waals surface area contributed by atoms with Gasteiger partial charge in [-0.15, -0.1) is 18.3 Å². The number of carbonyl (C=O) groups excluding carboxylic acids is 1. The van der Waals surface area contributed by atoms with Crippen molar-refractivity contribution in [3.63, 3.8) is 0 Å². The first-order chi connectivity index (χ1) is 26.3. The molecule has 0 unspecified atom stereocenters. The van der Waals surface area contributed by atoms with Crippen molar-refractivity contribution in [3.8, 4) is 11.5 Å². The summed E-state index contributed by atoms with van der Waals surface area (Å²) in [6.07, 6.45) is 9.39. The second-order valence-corrected chi connectivity index (χ2v) is 15.4. The standard InChI is InChI=1S/C43H51FN2O7S/c1-4-23-52-43-40(54-33-18-15-31(16-19-33)45-28(2)49)26-38(46-50-3)35-24-29(11-7-9-21-47)34(13-8-10-22-48)41(42(35)43)36-25-32(17-20-39(36)53-43)51-27-30-12-5-6-14-37(30)44/h4-6,12,14-20,24-25,29,34,40-42,47-48H,1,7-11,13,21-23,26-27H2,2-3H3,(H,45,49)/t29-,34+,40-,41+,42+,43+/m0/s1. The van der Waals surface area contributed by atoms with Gasteiger partial charge in [0.1, 0.15) is 31.0 Å². The fourth-order valence-corrected chi connectivity index (χ4v) is 9.68. The van der Waals surface area contributed by atoms with E-state index in [0.717, 1.165) is 47.4 Å². The highest BCUT2D eigenvalue weighted by molar-refractivity contribution is 8.00. The predicted molar refractivity (Wildman–Crippen MR) is 209 cm³/mol. The minimum atomic E-state index is -1.15. The van der Waals surface area contributed by atoms with E-state index in [2.05, 4.69) is 23.1 Å². The van der Waals surface area contributed by atoms with Crippen LogP contribution in [-0.4, -0.2) is 59.8 Å². The highest BCUT2D eigenvalue weighted by Gasteiger charge is 2.64. The van der Waals surface area contributed by atoms with E-state index >= 15 is 0 Å². The molecule has 6 atom stereocenters. The summed E-state index contributed by atoms with van der Waals surface area (Å²) in [4.78, 5) is 18.2. The number of benzene rings is 3. The number of carbonyl (C=O) groups is 1. The molecule has 54 heavy (non-hydrogen) atoms. The zero-order valence-corrected chi connectivity index (χ0v) is 31.9. The first-order valence-electron chi connectivity index (χ1n) is 18.8. The van der Waals surface area contributed by atoms with E-state index in [1.807, 2.05) is 42.5 Å². The number of amides is 1. The van der Waals surface area contributed by atoms with Crippen molar-refractivity contribution >= 4 is 29.1 Å². The van der Waals surface area contributed by atoms with Gasteiger partial charge >= 0.3 is 0 Å². The fraction of sp³-hybridized carbons (Fsp3) is 0.442. The number of ether oxygens (including phenoxy) is 3. The zero-order chi connectivity index (χ0) is 38.1. The number of nitrogens with zero attached hydrogens (tertiary/aromatic N) is 1. The van der Waals surface area contributed by atoms with Crippen molar-refractivity contribution in [2.45, 2.75) is 80.3 Å². The number of unbranched alkanes of at least 4 members (excludes halogenated alkanes) is 2. The number of aliphatic hydroxyl groups excluding tert-OH is 2. The first-order valence-corrected chi connectivity index (χ1v) is 19.7. The number of anilines is 1. The van der Waals surface area contributed by atoms with Crippen molar-refractivity contribution in [3.05, 3.63) is 108 Å². The van der Waals surface area contributed by atoms with E-state index in [-0.39, 0.29) is 67.1 Å². The molecule has 6 rings (SSSR count). The summed E-state index contributed by atoms with van der Waals surface area (Å²) in [5.41, 5.74) is 4.02. The number of oxime groups is 1. The van der Waals surface area contributed by atoms with E-state index < -0.39 is 5.79 Å². The number of fused-ring (bicyclic) bond motifs is 2. The second-order valence-electron chi connectivity index (χ2n) is 14.1. The summed E-state index contributed by atoms with van der Waals surface area (Å²) in [7, 11) is 1.56. The van der Waals surface area contributed by atoms with Crippen molar-refractivity contribution < 1.29 is 38.4 Å². The molecule has 3 aliphatic rings. The molecule has 0 bridgehead atoms. The van der Waals surface area contributed by atoms with Gasteiger partial charge in [0.2, 0.25) is 11.7 Å². The van der Waals surface area contributed by atoms with Crippen LogP contribution in [0.4, 0.5) is 10.1 Å². The van der Waals surface area contributed by atoms with Gasteiger partial charge in [0.25, 0.3) is 0 Å². The summed E-state index contributed by atoms with van der Waals surface area (Å²) in [5.74, 6) is -0.448. The molecule has 3 N–H and O–H groups in total. The molecule has 3 aromatic carbocycles. The smallest absolute Gasteiger partial charge is 0.231 e. The molecule has 1 saturated carbocycles. The Hall–Kier alpha value is -4.16. The van der Waals surface area contributed by atoms with E-state index in [9.17, 15) is 19.4 Å². The van der Waals surface area contributed by atoms with Gasteiger partial charge in [-0.1, -0.05) is 48.3 Å². The number of allylic oxidation sites excluding steroid dienone is 1. The normalized spacial score (nSPS) is 24.8. The molecule has 1 fully saturated rings. The molecule has 1 aliphatic heterocycles. The van der Waals surface area contributed by atoms with Crippen LogP contribution in [0.5, 0.6) is 11.5 Å². The van der Waals surface area contributed by atoms with Crippen molar-refractivity contribution in [2.75, 3.05) is 32.2 Å². The summed E-state index contributed by atoms with van der Waals surface area (Å²) in [5, 5.41) is 26.8. The molecule has 0 saturated heterocycles. The van der Waals surface area contributed by atoms with Gasteiger partial charge in [0, 0.05) is 54.2 Å². The van der Waals surface area contributed by atoms with Crippen LogP contribution in [0, 0.1) is 23.6 Å². The average Bonchev–Trinajstić information content (AvgIpc) is 3.16. The molecule has 2 aliphatic carbocycles. The third-order valence-corrected chi connectivity index (χ3v) is 12.0. The maximum absolute atomic E-state index is 14.6. The van der Waals surface area contributed by atoms with Gasteiger partial charge in [-0.3, -0.25) is 4.79 Å². The van der Waals surface area contributed by atoms with E-state index in [0.29, 0.717) is 42.0 Å². The van der Waals surface area contributed by atoms with Gasteiger partial charge in [0.05, 0.1) is 23.5 Å². The number of hydrogen-bond donors (Lipinski definition) is 3. The van der Waals surface area contributed by atoms with Gasteiger partial charge in [-0.2, -0.15) is 0 Å². The summed E-state index contributed by atoms with van der Waals surface area (Å²) in [6, 6.07) is 20.2. The Bertz CT molecular complexity index is 1820. The van der Waals surface area contributed by atoms with Crippen molar-refractivity contribution in [1.82, 2.24) is 0 Å². The Labute approximate surface area is 321 Å². The Morgan fingerprint density at radius 3 is 2.54 bits per heavy atom. The van der Waals surface area contributed by atoms with Crippen molar-refractivity contribution in [1.29, 1.82) is 0 Å². The Balaban J connectivity index is 1.50. The molecule has 11 heteroatoms. The third kappa shape index (κ3) is 8.70. The van der Waals surface area contributed by atoms with Crippen LogP contribution in [0.3, 0.4) is 0 Å². The monoisotopic (exact) mass is 758 g/mol. The minimum Gasteiger partial charge on any atom is -0.489 e. The third-order valence-electron chi connectivity index (χ3n) is 10.6. The average molecular weight is 759 g/mol. The van der Waals surface area contributed by atoms with E-state index in [1.54, 1.807) is 43.1 Å². The Morgan fingerprint density at radius 1 is 1.07 bits per heavy atom. The number of thioether (sulfide) groups is 1. The quantitative estimate of drug-likeness (QED) is 0.0673. The van der Waals surface area contributed by atoms with Gasteiger partial charge in [0.15, 0.2) is 0 Å². The van der Waals surface area contributed by atoms with Crippen LogP contribution >= 0.6 is 11.8 Å². The number of hydrogen-bond acceptors (Lipinski definition) is 9. The van der Waals surface area contributed by atoms with Crippen LogP contribution in [0.1, 0.15) is 68.9 Å². The number of nitrogens with one attached hydrogen (secondary N) is 1. The largest absolute Gasteiger partial charge is 0.489 e. The zero-order valence-electron chi connectivity index (χ0n) is 31.0. The molecular weight excluding hydrogens is 708 g/mol. The maximum atomic E-state index is 14.6. The molecule has 0 radical (unpaired) electrons. The van der Waals surface area contributed by atoms with E-state index in [1.165, 1.54) is 13.0 Å². The second kappa shape index (κ2) is 18.4. The minimum absolute atomic E-state index is 0.0751. The lowest BCUT2D eigenvalue weighted by Crippen LogP contribution is -2.64. The molecule has 1 amide bonds. The SMILES string of the molecule is C=CCO[C@@]12Oc3ccc(OCc4ccccc4F)cc3[C@H]3[C@H](CCCCO)[C@@H](CCCCO)C=C(C(=NOC)C[C@@H]1Sc1ccc(NC(C)=O)cc1)[C@H]32. The van der Waals surface area contributed by atoms with Crippen LogP contribution in [0.25, 0.3) is 0 Å². The number of aliphatic hydroxyl groups is 2. The topological polar surface area (TPSA) is 119 Å². The lowest BCUT2D eigenvalue weighted by molar-refractivity contribution is -0.223. The fourth-order valence-electron chi connectivity index (χ4n) is 8.39. The van der Waals surface area contributed by atoms with Crippen LogP contribution in [-0.2, 0) is 21.0 Å². The van der Waals surface area contributed by atoms with Crippen LogP contribution in [0.15, 0.2) is 101 Å². The summed E-state index contributed by atoms with van der Waals surface area (Å²) in [6.45, 7) is 6.05. The summed E-state index contributed by atoms with van der Waals surface area (Å²) >= 11 is 1.64. The molecule has 288 valence electrons. The van der Waals surface area contributed by atoms with Gasteiger partial charge in [-0.05, 0) is 91.6 Å². The molecule has 9 nitrogen and oxygen atoms in total. The highest BCUT2D eigenvalue weighted by atomic mass is 32.2. The summed E-state index contributed by atoms with van der Waals surface area (Å²) < 4.78 is 35.0. The van der Waals surface area contributed by atoms with Crippen LogP contribution in [0.2, 0.25) is 0 Å². The maximum Gasteiger partial charge on any atom is 0.231 e. The molecular formula is C43H51FN2O7S. The Morgan fingerprint density at radius 2 is 1.83 bits per heavy atom. The molecule has 1 heterocycles. The lowest BCUT2D eigenvalue weighted by atomic mass is 9.56. The molecule has 0 spiro atoms. The highest BCUT2D eigenvalue weighted by Crippen LogP contribution is 2.63. The van der Waals surface area contributed by atoms with E-state index in [4.69, 9.17) is 19.0 Å². The lowest BCUT2D eigenvalue weighted by Gasteiger charge is -2.58. The Kier molecular flexibility index (Phi) is 13.5.